The van der Waals surface area contributed by atoms with E-state index >= 15 is 0 Å². The van der Waals surface area contributed by atoms with Gasteiger partial charge in [0.15, 0.2) is 5.82 Å². The molecule has 1 amide bonds. The summed E-state index contributed by atoms with van der Waals surface area (Å²) in [6, 6.07) is 0. The first-order chi connectivity index (χ1) is 12.9. The predicted octanol–water partition coefficient (Wildman–Crippen LogP) is 2.68. The monoisotopic (exact) mass is 376 g/mol. The van der Waals surface area contributed by atoms with E-state index in [9.17, 15) is 4.79 Å². The van der Waals surface area contributed by atoms with Gasteiger partial charge in [0.05, 0.1) is 0 Å². The highest BCUT2D eigenvalue weighted by molar-refractivity contribution is 5.76. The van der Waals surface area contributed by atoms with E-state index < -0.39 is 0 Å². The van der Waals surface area contributed by atoms with Gasteiger partial charge in [-0.1, -0.05) is 26.7 Å². The van der Waals surface area contributed by atoms with Crippen molar-refractivity contribution in [1.82, 2.24) is 30.0 Å². The van der Waals surface area contributed by atoms with Gasteiger partial charge in [-0.05, 0) is 68.5 Å². The Hall–Kier alpha value is -1.50. The summed E-state index contributed by atoms with van der Waals surface area (Å²) in [5, 5.41) is 12.7. The first-order valence-corrected chi connectivity index (χ1v) is 10.6. The van der Waals surface area contributed by atoms with Gasteiger partial charge in [0.1, 0.15) is 5.54 Å². The van der Waals surface area contributed by atoms with Crippen LogP contribution in [-0.2, 0) is 16.9 Å². The number of hydrogen-bond donors (Lipinski definition) is 0. The summed E-state index contributed by atoms with van der Waals surface area (Å²) in [5.74, 6) is 2.42. The van der Waals surface area contributed by atoms with Crippen LogP contribution in [0.4, 0.5) is 0 Å². The largest absolute Gasteiger partial charge is 0.340 e. The minimum Gasteiger partial charge on any atom is -0.340 e. The van der Waals surface area contributed by atoms with Crippen LogP contribution in [0.25, 0.3) is 0 Å². The van der Waals surface area contributed by atoms with E-state index in [4.69, 9.17) is 0 Å². The van der Waals surface area contributed by atoms with Crippen molar-refractivity contribution in [3.05, 3.63) is 5.82 Å². The van der Waals surface area contributed by atoms with E-state index in [-0.39, 0.29) is 5.54 Å². The number of piperidine rings is 1. The van der Waals surface area contributed by atoms with Crippen LogP contribution < -0.4 is 0 Å². The average molecular weight is 377 g/mol. The van der Waals surface area contributed by atoms with Gasteiger partial charge in [0.2, 0.25) is 5.91 Å². The minimum atomic E-state index is -0.302. The highest BCUT2D eigenvalue weighted by atomic mass is 16.2. The van der Waals surface area contributed by atoms with Crippen molar-refractivity contribution in [3.63, 3.8) is 0 Å². The molecule has 2 aliphatic rings. The van der Waals surface area contributed by atoms with E-state index in [0.29, 0.717) is 30.7 Å². The molecule has 1 aliphatic carbocycles. The maximum Gasteiger partial charge on any atom is 0.222 e. The zero-order valence-corrected chi connectivity index (χ0v) is 17.5. The molecule has 1 saturated heterocycles. The van der Waals surface area contributed by atoms with Crippen LogP contribution in [0.1, 0.15) is 71.0 Å². The zero-order valence-electron chi connectivity index (χ0n) is 17.5. The first kappa shape index (κ1) is 20.2. The van der Waals surface area contributed by atoms with Crippen LogP contribution >= 0.6 is 0 Å². The molecule has 1 aromatic rings. The minimum absolute atomic E-state index is 0.302. The molecule has 1 saturated carbocycles. The topological polar surface area (TPSA) is 67.2 Å². The Morgan fingerprint density at radius 3 is 2.67 bits per heavy atom. The molecule has 0 spiro atoms. The third-order valence-corrected chi connectivity index (χ3v) is 6.48. The summed E-state index contributed by atoms with van der Waals surface area (Å²) in [4.78, 5) is 17.3. The third-order valence-electron chi connectivity index (χ3n) is 6.48. The fourth-order valence-corrected chi connectivity index (χ4v) is 4.66. The Balaban J connectivity index is 1.77. The Labute approximate surface area is 163 Å². The number of amides is 1. The number of likely N-dealkylation sites (N-methyl/N-ethyl adjacent to an activating group) is 1. The molecule has 1 atom stereocenters. The van der Waals surface area contributed by atoms with Gasteiger partial charge < -0.3 is 4.90 Å². The Morgan fingerprint density at radius 1 is 1.26 bits per heavy atom. The van der Waals surface area contributed by atoms with Crippen molar-refractivity contribution in [2.45, 2.75) is 77.3 Å². The van der Waals surface area contributed by atoms with Crippen LogP contribution in [0.2, 0.25) is 0 Å². The van der Waals surface area contributed by atoms with Crippen molar-refractivity contribution in [3.8, 4) is 0 Å². The van der Waals surface area contributed by atoms with Crippen molar-refractivity contribution in [1.29, 1.82) is 0 Å². The van der Waals surface area contributed by atoms with Gasteiger partial charge in [0, 0.05) is 26.1 Å². The smallest absolute Gasteiger partial charge is 0.222 e. The molecule has 1 unspecified atom stereocenters. The second-order valence-corrected chi connectivity index (χ2v) is 9.11. The molecular weight excluding hydrogens is 340 g/mol. The zero-order chi connectivity index (χ0) is 19.4. The van der Waals surface area contributed by atoms with E-state index in [1.807, 2.05) is 4.68 Å². The highest BCUT2D eigenvalue weighted by Crippen LogP contribution is 2.36. The highest BCUT2D eigenvalue weighted by Gasteiger charge is 2.44. The van der Waals surface area contributed by atoms with Crippen LogP contribution in [0, 0.1) is 11.8 Å². The molecule has 2 fully saturated rings. The van der Waals surface area contributed by atoms with Gasteiger partial charge in [-0.3, -0.25) is 9.69 Å². The second kappa shape index (κ2) is 8.67. The Kier molecular flexibility index (Phi) is 6.50. The van der Waals surface area contributed by atoms with E-state index in [1.54, 1.807) is 0 Å². The normalized spacial score (nSPS) is 24.3. The molecule has 152 valence electrons. The van der Waals surface area contributed by atoms with Gasteiger partial charge in [-0.2, -0.15) is 0 Å². The molecule has 7 nitrogen and oxygen atoms in total. The molecule has 1 aliphatic heterocycles. The Morgan fingerprint density at radius 2 is 2.00 bits per heavy atom. The number of carbonyl (C=O) groups excluding carboxylic acids is 1. The second-order valence-electron chi connectivity index (χ2n) is 9.11. The van der Waals surface area contributed by atoms with Gasteiger partial charge >= 0.3 is 0 Å². The van der Waals surface area contributed by atoms with Crippen LogP contribution in [-0.4, -0.2) is 63.1 Å². The molecule has 0 aromatic carbocycles. The number of aryl methyl sites for hydroxylation is 1. The van der Waals surface area contributed by atoms with Crippen molar-refractivity contribution >= 4 is 5.91 Å². The number of rotatable bonds is 7. The molecule has 27 heavy (non-hydrogen) atoms. The molecule has 2 heterocycles. The standard InChI is InChI=1S/C20H36N6O/c1-16(2)10-13-26-19(21-22-23-26)20(24(3)4)11-7-12-25(15-20)18(27)14-17-8-5-6-9-17/h16-17H,5-15H2,1-4H3. The summed E-state index contributed by atoms with van der Waals surface area (Å²) in [6.45, 7) is 6.81. The lowest BCUT2D eigenvalue weighted by molar-refractivity contribution is -0.136. The van der Waals surface area contributed by atoms with Gasteiger partial charge in [-0.25, -0.2) is 4.68 Å². The summed E-state index contributed by atoms with van der Waals surface area (Å²) < 4.78 is 1.96. The number of nitrogens with zero attached hydrogens (tertiary/aromatic N) is 6. The predicted molar refractivity (Wildman–Crippen MR) is 105 cm³/mol. The first-order valence-electron chi connectivity index (χ1n) is 10.6. The maximum absolute atomic E-state index is 13.0. The molecular formula is C20H36N6O. The molecule has 3 rings (SSSR count). The maximum atomic E-state index is 13.0. The molecule has 0 radical (unpaired) electrons. The fraction of sp³-hybridized carbons (Fsp3) is 0.900. The van der Waals surface area contributed by atoms with Crippen molar-refractivity contribution in [2.24, 2.45) is 11.8 Å². The average Bonchev–Trinajstić information content (AvgIpc) is 3.31. The molecule has 1 aromatic heterocycles. The quantitative estimate of drug-likeness (QED) is 0.732. The summed E-state index contributed by atoms with van der Waals surface area (Å²) in [7, 11) is 4.18. The van der Waals surface area contributed by atoms with Crippen molar-refractivity contribution in [2.75, 3.05) is 27.2 Å². The molecule has 7 heteroatoms. The number of likely N-dealkylation sites (tertiary alicyclic amines) is 1. The fourth-order valence-electron chi connectivity index (χ4n) is 4.66. The SMILES string of the molecule is CC(C)CCn1nnnc1C1(N(C)C)CCCN(C(=O)CC2CCCC2)C1. The molecule has 0 bridgehead atoms. The van der Waals surface area contributed by atoms with E-state index in [0.717, 1.165) is 38.2 Å². The lowest BCUT2D eigenvalue weighted by Crippen LogP contribution is -2.56. The lowest BCUT2D eigenvalue weighted by Gasteiger charge is -2.46. The van der Waals surface area contributed by atoms with Gasteiger partial charge in [-0.15, -0.1) is 5.10 Å². The summed E-state index contributed by atoms with van der Waals surface area (Å²) in [5.41, 5.74) is -0.302. The molecule has 0 N–H and O–H groups in total. The third kappa shape index (κ3) is 4.50. The van der Waals surface area contributed by atoms with E-state index in [2.05, 4.69) is 53.3 Å². The van der Waals surface area contributed by atoms with E-state index in [1.165, 1.54) is 25.7 Å². The summed E-state index contributed by atoms with van der Waals surface area (Å²) >= 11 is 0. The number of hydrogen-bond acceptors (Lipinski definition) is 5. The van der Waals surface area contributed by atoms with Crippen LogP contribution in [0.15, 0.2) is 0 Å². The Bertz CT molecular complexity index is 622. The van der Waals surface area contributed by atoms with Gasteiger partial charge in [0.25, 0.3) is 0 Å². The van der Waals surface area contributed by atoms with Crippen LogP contribution in [0.3, 0.4) is 0 Å². The number of aromatic nitrogens is 4. The lowest BCUT2D eigenvalue weighted by atomic mass is 9.86. The van der Waals surface area contributed by atoms with Crippen molar-refractivity contribution < 1.29 is 4.79 Å². The number of carbonyl (C=O) groups is 1. The summed E-state index contributed by atoms with van der Waals surface area (Å²) in [6.07, 6.45) is 8.72. The van der Waals surface area contributed by atoms with Crippen LogP contribution in [0.5, 0.6) is 0 Å². The number of tetrazole rings is 1.